The second kappa shape index (κ2) is 7.26. The molecule has 0 bridgehead atoms. The highest BCUT2D eigenvalue weighted by atomic mass is 19.1. The zero-order chi connectivity index (χ0) is 19.7. The van der Waals surface area contributed by atoms with Gasteiger partial charge in [0.1, 0.15) is 30.9 Å². The smallest absolute Gasteiger partial charge is 0.255 e. The number of rotatable bonds is 4. The van der Waals surface area contributed by atoms with Gasteiger partial charge in [-0.25, -0.2) is 13.6 Å². The van der Waals surface area contributed by atoms with Crippen LogP contribution in [0.4, 0.5) is 13.6 Å². The van der Waals surface area contributed by atoms with Crippen LogP contribution in [0.25, 0.3) is 0 Å². The van der Waals surface area contributed by atoms with Crippen LogP contribution in [0, 0.1) is 17.6 Å². The molecule has 2 heterocycles. The fraction of sp³-hybridized carbons (Fsp3) is 0.143. The van der Waals surface area contributed by atoms with E-state index >= 15 is 0 Å². The molecule has 1 unspecified atom stereocenters. The van der Waals surface area contributed by atoms with Crippen LogP contribution in [0.5, 0.6) is 0 Å². The number of carbonyl (C=O) groups excluding carboxylic acids is 2. The van der Waals surface area contributed by atoms with E-state index in [1.165, 1.54) is 41.1 Å². The van der Waals surface area contributed by atoms with Gasteiger partial charge in [0.05, 0.1) is 0 Å². The van der Waals surface area contributed by atoms with Gasteiger partial charge in [-0.1, -0.05) is 36.4 Å². The van der Waals surface area contributed by atoms with Crippen LogP contribution >= 0.6 is 0 Å². The lowest BCUT2D eigenvalue weighted by Crippen LogP contribution is -2.53. The molecule has 2 aliphatic heterocycles. The van der Waals surface area contributed by atoms with Gasteiger partial charge in [-0.2, -0.15) is 9.48 Å². The Balaban J connectivity index is 1.72. The van der Waals surface area contributed by atoms with E-state index in [0.29, 0.717) is 11.1 Å². The first-order valence-electron chi connectivity index (χ1n) is 8.73. The molecule has 2 aliphatic rings. The molecule has 0 spiro atoms. The molecule has 2 aromatic rings. The molecule has 0 aromatic heterocycles. The highest BCUT2D eigenvalue weighted by molar-refractivity contribution is 6.14. The van der Waals surface area contributed by atoms with Gasteiger partial charge in [0.15, 0.2) is 5.92 Å². The lowest BCUT2D eigenvalue weighted by atomic mass is 10.0. The summed E-state index contributed by atoms with van der Waals surface area (Å²) < 4.78 is 28.6. The van der Waals surface area contributed by atoms with E-state index in [9.17, 15) is 18.4 Å². The lowest BCUT2D eigenvalue weighted by Gasteiger charge is -2.27. The number of aliphatic imine (C=N–C) groups is 1. The number of halogens is 2. The SMILES string of the molecule is O=C1C2C=CC=NC2=[N+](Cc2ccccc2F)C(=O)N1Cc1ccc(F)cc1. The van der Waals surface area contributed by atoms with Crippen LogP contribution < -0.4 is 0 Å². The van der Waals surface area contributed by atoms with Gasteiger partial charge in [0.25, 0.3) is 5.84 Å². The van der Waals surface area contributed by atoms with Crippen molar-refractivity contribution < 1.29 is 22.9 Å². The third-order valence-electron chi connectivity index (χ3n) is 4.69. The number of fused-ring (bicyclic) bond motifs is 1. The molecule has 0 saturated carbocycles. The number of benzene rings is 2. The average molecular weight is 380 g/mol. The minimum atomic E-state index is -0.727. The van der Waals surface area contributed by atoms with Crippen LogP contribution in [0.3, 0.4) is 0 Å². The Morgan fingerprint density at radius 3 is 2.54 bits per heavy atom. The standard InChI is InChI=1S/C21H16F2N3O2/c22-16-9-7-14(8-10-16)12-26-20(27)17-5-3-11-24-19(17)25(21(26)28)13-15-4-1-2-6-18(15)23/h1-11,17H,12-13H2/q+1. The number of allylic oxidation sites excluding steroid dienone is 1. The molecule has 0 saturated heterocycles. The summed E-state index contributed by atoms with van der Waals surface area (Å²) in [5.41, 5.74) is 0.934. The largest absolute Gasteiger partial charge is 0.446 e. The van der Waals surface area contributed by atoms with Gasteiger partial charge in [0, 0.05) is 5.56 Å². The van der Waals surface area contributed by atoms with Gasteiger partial charge in [-0.3, -0.25) is 4.79 Å². The summed E-state index contributed by atoms with van der Waals surface area (Å²) in [5.74, 6) is -1.71. The molecule has 2 aromatic carbocycles. The Kier molecular flexibility index (Phi) is 4.65. The predicted octanol–water partition coefficient (Wildman–Crippen LogP) is 3.30. The Bertz CT molecular complexity index is 1040. The van der Waals surface area contributed by atoms with Crippen LogP contribution in [0.15, 0.2) is 65.7 Å². The van der Waals surface area contributed by atoms with Crippen molar-refractivity contribution in [3.05, 3.63) is 83.4 Å². The molecular weight excluding hydrogens is 364 g/mol. The number of amides is 3. The molecule has 1 atom stereocenters. The molecule has 7 heteroatoms. The fourth-order valence-electron chi connectivity index (χ4n) is 3.25. The molecule has 4 rings (SSSR count). The molecule has 0 aliphatic carbocycles. The van der Waals surface area contributed by atoms with Gasteiger partial charge in [-0.15, -0.1) is 4.99 Å². The zero-order valence-corrected chi connectivity index (χ0v) is 14.8. The van der Waals surface area contributed by atoms with Crippen molar-refractivity contribution >= 4 is 24.0 Å². The van der Waals surface area contributed by atoms with E-state index in [-0.39, 0.29) is 18.9 Å². The fourth-order valence-corrected chi connectivity index (χ4v) is 3.25. The quantitative estimate of drug-likeness (QED) is 0.765. The molecule has 5 nitrogen and oxygen atoms in total. The first-order chi connectivity index (χ1) is 13.5. The van der Waals surface area contributed by atoms with Crippen LogP contribution in [0.2, 0.25) is 0 Å². The van der Waals surface area contributed by atoms with Gasteiger partial charge in [-0.05, 0) is 29.8 Å². The van der Waals surface area contributed by atoms with Crippen LogP contribution in [0.1, 0.15) is 11.1 Å². The van der Waals surface area contributed by atoms with E-state index in [1.807, 2.05) is 0 Å². The van der Waals surface area contributed by atoms with Crippen molar-refractivity contribution in [2.75, 3.05) is 0 Å². The molecular formula is C21H16F2N3O2+. The van der Waals surface area contributed by atoms with E-state index in [2.05, 4.69) is 4.99 Å². The predicted molar refractivity (Wildman–Crippen MR) is 98.8 cm³/mol. The monoisotopic (exact) mass is 380 g/mol. The molecule has 140 valence electrons. The second-order valence-corrected chi connectivity index (χ2v) is 6.51. The summed E-state index contributed by atoms with van der Waals surface area (Å²) in [6, 6.07) is 11.1. The van der Waals surface area contributed by atoms with E-state index in [1.54, 1.807) is 30.4 Å². The second-order valence-electron chi connectivity index (χ2n) is 6.51. The third-order valence-corrected chi connectivity index (χ3v) is 4.69. The van der Waals surface area contributed by atoms with Crippen molar-refractivity contribution in [3.8, 4) is 0 Å². The van der Waals surface area contributed by atoms with Crippen LogP contribution in [-0.4, -0.2) is 33.5 Å². The minimum Gasteiger partial charge on any atom is -0.255 e. The number of urea groups is 1. The highest BCUT2D eigenvalue weighted by Gasteiger charge is 2.46. The molecule has 3 amide bonds. The number of imide groups is 1. The maximum atomic E-state index is 14.1. The maximum Gasteiger partial charge on any atom is 0.446 e. The van der Waals surface area contributed by atoms with E-state index in [4.69, 9.17) is 0 Å². The lowest BCUT2D eigenvalue weighted by molar-refractivity contribution is -0.458. The number of nitrogens with zero attached hydrogens (tertiary/aromatic N) is 3. The number of dihydropyridines is 1. The summed E-state index contributed by atoms with van der Waals surface area (Å²) in [6.07, 6.45) is 4.79. The summed E-state index contributed by atoms with van der Waals surface area (Å²) in [5, 5.41) is 0. The van der Waals surface area contributed by atoms with Crippen molar-refractivity contribution in [2.45, 2.75) is 13.1 Å². The van der Waals surface area contributed by atoms with Crippen molar-refractivity contribution in [3.63, 3.8) is 0 Å². The Morgan fingerprint density at radius 2 is 1.79 bits per heavy atom. The first-order valence-corrected chi connectivity index (χ1v) is 8.73. The first kappa shape index (κ1) is 17.9. The Hall–Kier alpha value is -3.48. The topological polar surface area (TPSA) is 52.8 Å². The normalized spacial score (nSPS) is 18.6. The average Bonchev–Trinajstić information content (AvgIpc) is 2.71. The summed E-state index contributed by atoms with van der Waals surface area (Å²) in [7, 11) is 0. The van der Waals surface area contributed by atoms with Gasteiger partial charge >= 0.3 is 11.9 Å². The van der Waals surface area contributed by atoms with Gasteiger partial charge < -0.3 is 0 Å². The van der Waals surface area contributed by atoms with Crippen molar-refractivity contribution in [1.82, 2.24) is 4.90 Å². The third kappa shape index (κ3) is 3.26. The maximum absolute atomic E-state index is 14.1. The molecule has 28 heavy (non-hydrogen) atoms. The Morgan fingerprint density at radius 1 is 1.04 bits per heavy atom. The van der Waals surface area contributed by atoms with Gasteiger partial charge in [0.2, 0.25) is 0 Å². The van der Waals surface area contributed by atoms with Crippen molar-refractivity contribution in [1.29, 1.82) is 0 Å². The van der Waals surface area contributed by atoms with Crippen LogP contribution in [-0.2, 0) is 17.9 Å². The summed E-state index contributed by atoms with van der Waals surface area (Å²) >= 11 is 0. The number of amidine groups is 1. The van der Waals surface area contributed by atoms with E-state index < -0.39 is 29.5 Å². The molecule has 0 N–H and O–H groups in total. The number of hydrogen-bond acceptors (Lipinski definition) is 3. The Labute approximate surface area is 159 Å². The summed E-state index contributed by atoms with van der Waals surface area (Å²) in [4.78, 5) is 31.3. The molecule has 0 radical (unpaired) electrons. The minimum absolute atomic E-state index is 0.00689. The summed E-state index contributed by atoms with van der Waals surface area (Å²) in [6.45, 7) is -0.0528. The molecule has 0 fully saturated rings. The van der Waals surface area contributed by atoms with E-state index in [0.717, 1.165) is 4.90 Å². The van der Waals surface area contributed by atoms with Crippen molar-refractivity contribution in [2.24, 2.45) is 10.9 Å². The number of hydrogen-bond donors (Lipinski definition) is 0. The highest BCUT2D eigenvalue weighted by Crippen LogP contribution is 2.22. The number of carbonyl (C=O) groups is 2. The zero-order valence-electron chi connectivity index (χ0n) is 14.8.